The van der Waals surface area contributed by atoms with E-state index in [1.807, 2.05) is 42.5 Å². The Hall–Kier alpha value is -4.31. The van der Waals surface area contributed by atoms with Crippen LogP contribution in [0.15, 0.2) is 101 Å². The molecule has 35 heavy (non-hydrogen) atoms. The van der Waals surface area contributed by atoms with Crippen molar-refractivity contribution in [3.63, 3.8) is 0 Å². The molecule has 4 aromatic carbocycles. The van der Waals surface area contributed by atoms with Gasteiger partial charge in [0.25, 0.3) is 0 Å². The largest absolute Gasteiger partial charge is 0.456 e. The summed E-state index contributed by atoms with van der Waals surface area (Å²) in [4.78, 5) is 14.9. The fourth-order valence-corrected chi connectivity index (χ4v) is 4.37. The second-order valence-electron chi connectivity index (χ2n) is 9.78. The highest BCUT2D eigenvalue weighted by atomic mass is 16.3. The maximum Gasteiger partial charge on any atom is 0.164 e. The van der Waals surface area contributed by atoms with Gasteiger partial charge in [0, 0.05) is 27.3 Å². The summed E-state index contributed by atoms with van der Waals surface area (Å²) >= 11 is 0. The summed E-state index contributed by atoms with van der Waals surface area (Å²) in [5.41, 5.74) is 5.66. The summed E-state index contributed by atoms with van der Waals surface area (Å²) in [5, 5.41) is 2.14. The number of para-hydroxylation sites is 1. The number of nitrogens with zero attached hydrogens (tertiary/aromatic N) is 3. The van der Waals surface area contributed by atoms with E-state index in [-0.39, 0.29) is 5.41 Å². The second kappa shape index (κ2) is 8.17. The van der Waals surface area contributed by atoms with E-state index >= 15 is 0 Å². The van der Waals surface area contributed by atoms with E-state index in [0.717, 1.165) is 50.0 Å². The average molecular weight is 456 g/mol. The van der Waals surface area contributed by atoms with Crippen LogP contribution in [0.2, 0.25) is 0 Å². The summed E-state index contributed by atoms with van der Waals surface area (Å²) < 4.78 is 6.03. The molecule has 6 rings (SSSR count). The Balaban J connectivity index is 1.57. The molecular weight excluding hydrogens is 430 g/mol. The molecule has 170 valence electrons. The van der Waals surface area contributed by atoms with Gasteiger partial charge in [-0.15, -0.1) is 0 Å². The Morgan fingerprint density at radius 2 is 1.20 bits per heavy atom. The maximum atomic E-state index is 6.03. The van der Waals surface area contributed by atoms with E-state index < -0.39 is 0 Å². The molecule has 0 N–H and O–H groups in total. The van der Waals surface area contributed by atoms with Crippen molar-refractivity contribution >= 4 is 21.9 Å². The van der Waals surface area contributed by atoms with Crippen LogP contribution >= 0.6 is 0 Å². The van der Waals surface area contributed by atoms with Gasteiger partial charge in [-0.1, -0.05) is 93.6 Å². The van der Waals surface area contributed by atoms with Crippen LogP contribution in [-0.2, 0) is 5.41 Å². The van der Waals surface area contributed by atoms with Gasteiger partial charge in [-0.25, -0.2) is 15.0 Å². The van der Waals surface area contributed by atoms with Gasteiger partial charge in [0.05, 0.1) is 0 Å². The van der Waals surface area contributed by atoms with Crippen LogP contribution in [-0.4, -0.2) is 15.0 Å². The zero-order valence-corrected chi connectivity index (χ0v) is 20.0. The summed E-state index contributed by atoms with van der Waals surface area (Å²) in [7, 11) is 0. The monoisotopic (exact) mass is 455 g/mol. The molecule has 0 saturated heterocycles. The minimum Gasteiger partial charge on any atom is -0.456 e. The molecule has 0 aliphatic carbocycles. The van der Waals surface area contributed by atoms with Gasteiger partial charge in [0.15, 0.2) is 11.6 Å². The van der Waals surface area contributed by atoms with Crippen molar-refractivity contribution in [2.45, 2.75) is 26.2 Å². The molecule has 2 heterocycles. The molecule has 0 bridgehead atoms. The van der Waals surface area contributed by atoms with Crippen molar-refractivity contribution in [3.05, 3.63) is 103 Å². The first-order chi connectivity index (χ1) is 17.0. The Kier molecular flexibility index (Phi) is 4.96. The molecule has 0 radical (unpaired) electrons. The predicted molar refractivity (Wildman–Crippen MR) is 142 cm³/mol. The predicted octanol–water partition coefficient (Wildman–Crippen LogP) is 8.07. The van der Waals surface area contributed by atoms with E-state index in [1.54, 1.807) is 0 Å². The lowest BCUT2D eigenvalue weighted by molar-refractivity contribution is 0.543. The van der Waals surface area contributed by atoms with E-state index in [1.165, 1.54) is 0 Å². The van der Waals surface area contributed by atoms with Crippen LogP contribution in [0.25, 0.3) is 55.8 Å². The number of hydrogen-bond donors (Lipinski definition) is 0. The van der Waals surface area contributed by atoms with Crippen molar-refractivity contribution in [3.8, 4) is 33.9 Å². The molecular formula is C31H25N3O. The van der Waals surface area contributed by atoms with Crippen LogP contribution in [0.4, 0.5) is 0 Å². The first-order valence-electron chi connectivity index (χ1n) is 11.8. The van der Waals surface area contributed by atoms with E-state index in [0.29, 0.717) is 11.6 Å². The fourth-order valence-electron chi connectivity index (χ4n) is 4.37. The highest BCUT2D eigenvalue weighted by Crippen LogP contribution is 2.34. The Morgan fingerprint density at radius 1 is 0.543 bits per heavy atom. The first-order valence-corrected chi connectivity index (χ1v) is 11.8. The van der Waals surface area contributed by atoms with Crippen LogP contribution in [0.3, 0.4) is 0 Å². The third-order valence-electron chi connectivity index (χ3n) is 6.19. The summed E-state index contributed by atoms with van der Waals surface area (Å²) in [6.45, 7) is 6.39. The van der Waals surface area contributed by atoms with Crippen molar-refractivity contribution in [2.75, 3.05) is 0 Å². The first kappa shape index (κ1) is 21.2. The number of benzene rings is 4. The zero-order chi connectivity index (χ0) is 24.0. The van der Waals surface area contributed by atoms with Gasteiger partial charge >= 0.3 is 0 Å². The Morgan fingerprint density at radius 3 is 2.00 bits per heavy atom. The lowest BCUT2D eigenvalue weighted by Gasteiger charge is -2.19. The van der Waals surface area contributed by atoms with E-state index in [2.05, 4.69) is 75.4 Å². The molecule has 0 atom stereocenters. The molecule has 4 nitrogen and oxygen atoms in total. The minimum absolute atomic E-state index is 0.236. The van der Waals surface area contributed by atoms with Crippen LogP contribution in [0, 0.1) is 0 Å². The molecule has 0 aliphatic rings. The maximum absolute atomic E-state index is 6.03. The molecule has 0 saturated carbocycles. The van der Waals surface area contributed by atoms with E-state index in [9.17, 15) is 0 Å². The van der Waals surface area contributed by atoms with Gasteiger partial charge in [-0.3, -0.25) is 0 Å². The molecule has 0 fully saturated rings. The summed E-state index contributed by atoms with van der Waals surface area (Å²) in [6.07, 6.45) is 0. The van der Waals surface area contributed by atoms with Gasteiger partial charge in [-0.2, -0.15) is 0 Å². The summed E-state index contributed by atoms with van der Waals surface area (Å²) in [6, 6.07) is 32.9. The molecule has 0 amide bonds. The molecule has 0 spiro atoms. The highest BCUT2D eigenvalue weighted by Gasteiger charge is 2.22. The van der Waals surface area contributed by atoms with Crippen molar-refractivity contribution in [1.29, 1.82) is 0 Å². The lowest BCUT2D eigenvalue weighted by Crippen LogP contribution is -2.18. The topological polar surface area (TPSA) is 51.8 Å². The van der Waals surface area contributed by atoms with Crippen LogP contribution in [0.5, 0.6) is 0 Å². The van der Waals surface area contributed by atoms with Crippen LogP contribution in [0.1, 0.15) is 26.6 Å². The normalized spacial score (nSPS) is 11.9. The molecule has 0 unspecified atom stereocenters. The van der Waals surface area contributed by atoms with Gasteiger partial charge in [0.1, 0.15) is 17.0 Å². The third kappa shape index (κ3) is 3.87. The van der Waals surface area contributed by atoms with Crippen molar-refractivity contribution in [1.82, 2.24) is 15.0 Å². The van der Waals surface area contributed by atoms with Gasteiger partial charge < -0.3 is 4.42 Å². The number of furan rings is 1. The van der Waals surface area contributed by atoms with Crippen molar-refractivity contribution in [2.24, 2.45) is 0 Å². The second-order valence-corrected chi connectivity index (χ2v) is 9.78. The smallest absolute Gasteiger partial charge is 0.164 e. The number of rotatable bonds is 3. The fraction of sp³-hybridized carbons (Fsp3) is 0.129. The third-order valence-corrected chi connectivity index (χ3v) is 6.19. The molecule has 6 aromatic rings. The zero-order valence-electron chi connectivity index (χ0n) is 20.0. The standard InChI is InChI=1S/C31H25N3O/c1-31(2,3)30-33-28(21-17-18-27-25(19-21)23-14-9-10-16-26(23)35-27)32-29(34-30)24-15-8-7-13-22(24)20-11-5-4-6-12-20/h4-19H,1-3H3. The number of fused-ring (bicyclic) bond motifs is 3. The molecule has 0 aliphatic heterocycles. The lowest BCUT2D eigenvalue weighted by atomic mass is 9.95. The molecule has 4 heteroatoms. The minimum atomic E-state index is -0.236. The van der Waals surface area contributed by atoms with Gasteiger partial charge in [-0.05, 0) is 35.4 Å². The SMILES string of the molecule is CC(C)(C)c1nc(-c2ccc3oc4ccccc4c3c2)nc(-c2ccccc2-c2ccccc2)n1. The molecule has 2 aromatic heterocycles. The number of aromatic nitrogens is 3. The van der Waals surface area contributed by atoms with E-state index in [4.69, 9.17) is 19.4 Å². The van der Waals surface area contributed by atoms with Crippen LogP contribution < -0.4 is 0 Å². The van der Waals surface area contributed by atoms with Gasteiger partial charge in [0.2, 0.25) is 0 Å². The van der Waals surface area contributed by atoms with Crippen molar-refractivity contribution < 1.29 is 4.42 Å². The summed E-state index contributed by atoms with van der Waals surface area (Å²) in [5.74, 6) is 2.10. The Labute approximate surface area is 204 Å². The highest BCUT2D eigenvalue weighted by molar-refractivity contribution is 6.06. The number of hydrogen-bond acceptors (Lipinski definition) is 4. The Bertz CT molecular complexity index is 1680. The quantitative estimate of drug-likeness (QED) is 0.271. The average Bonchev–Trinajstić information content (AvgIpc) is 3.26.